The minimum absolute atomic E-state index is 0.0272. The normalized spacial score (nSPS) is 13.7. The van der Waals surface area contributed by atoms with Crippen molar-refractivity contribution in [3.8, 4) is 0 Å². The van der Waals surface area contributed by atoms with Gasteiger partial charge >= 0.3 is 6.03 Å². The molecular formula is C15H20N4O3. The number of hydrogen-bond acceptors (Lipinski definition) is 4. The average Bonchev–Trinajstić information content (AvgIpc) is 2.94. The van der Waals surface area contributed by atoms with E-state index in [1.54, 1.807) is 13.0 Å². The lowest BCUT2D eigenvalue weighted by molar-refractivity contribution is -0.125. The first-order valence-electron chi connectivity index (χ1n) is 7.24. The van der Waals surface area contributed by atoms with Gasteiger partial charge in [0.1, 0.15) is 0 Å². The average molecular weight is 304 g/mol. The first kappa shape index (κ1) is 15.8. The Hall–Kier alpha value is -2.57. The van der Waals surface area contributed by atoms with Crippen LogP contribution in [0.4, 0.5) is 16.2 Å². The maximum Gasteiger partial charge on any atom is 0.324 e. The zero-order valence-electron chi connectivity index (χ0n) is 12.7. The third-order valence-corrected chi connectivity index (χ3v) is 3.52. The molecule has 1 aromatic carbocycles. The third-order valence-electron chi connectivity index (χ3n) is 3.52. The zero-order chi connectivity index (χ0) is 16.1. The van der Waals surface area contributed by atoms with E-state index in [1.807, 2.05) is 19.1 Å². The largest absolute Gasteiger partial charge is 0.376 e. The van der Waals surface area contributed by atoms with Crippen LogP contribution in [0.15, 0.2) is 18.2 Å². The van der Waals surface area contributed by atoms with Crippen LogP contribution in [-0.2, 0) is 9.59 Å². The lowest BCUT2D eigenvalue weighted by Crippen LogP contribution is -2.38. The molecule has 0 bridgehead atoms. The van der Waals surface area contributed by atoms with Crippen LogP contribution in [0, 0.1) is 6.92 Å². The number of benzene rings is 1. The number of anilines is 2. The molecule has 22 heavy (non-hydrogen) atoms. The maximum atomic E-state index is 12.0. The van der Waals surface area contributed by atoms with Gasteiger partial charge in [-0.1, -0.05) is 13.0 Å². The number of rotatable bonds is 5. The van der Waals surface area contributed by atoms with Crippen LogP contribution in [-0.4, -0.2) is 42.4 Å². The van der Waals surface area contributed by atoms with Gasteiger partial charge in [-0.25, -0.2) is 4.79 Å². The van der Waals surface area contributed by atoms with Gasteiger partial charge in [-0.15, -0.1) is 0 Å². The number of imide groups is 1. The topological polar surface area (TPSA) is 90.5 Å². The van der Waals surface area contributed by atoms with E-state index in [1.165, 1.54) is 4.90 Å². The highest BCUT2D eigenvalue weighted by Crippen LogP contribution is 2.23. The van der Waals surface area contributed by atoms with E-state index < -0.39 is 0 Å². The summed E-state index contributed by atoms with van der Waals surface area (Å²) < 4.78 is 0. The van der Waals surface area contributed by atoms with Gasteiger partial charge in [0.2, 0.25) is 11.8 Å². The van der Waals surface area contributed by atoms with Gasteiger partial charge in [0.15, 0.2) is 0 Å². The van der Waals surface area contributed by atoms with Gasteiger partial charge in [-0.2, -0.15) is 0 Å². The molecule has 1 heterocycles. The first-order valence-corrected chi connectivity index (χ1v) is 7.24. The van der Waals surface area contributed by atoms with Gasteiger partial charge < -0.3 is 16.0 Å². The summed E-state index contributed by atoms with van der Waals surface area (Å²) in [6.07, 6.45) is 0.402. The van der Waals surface area contributed by atoms with Crippen LogP contribution in [0.5, 0.6) is 0 Å². The highest BCUT2D eigenvalue weighted by Gasteiger charge is 2.25. The number of hydrogen-bond donors (Lipinski definition) is 3. The molecule has 0 unspecified atom stereocenters. The van der Waals surface area contributed by atoms with Crippen molar-refractivity contribution in [1.82, 2.24) is 10.2 Å². The maximum absolute atomic E-state index is 12.0. The molecule has 0 spiro atoms. The Morgan fingerprint density at radius 2 is 2.05 bits per heavy atom. The standard InChI is InChI=1S/C15H20N4O3/c1-3-13(20)18-12-6-4-5-11(10(12)2)17-9-14(21)19-8-7-16-15(19)22/h4-6,17H,3,7-9H2,1-2H3,(H,16,22)(H,18,20). The van der Waals surface area contributed by atoms with Crippen molar-refractivity contribution < 1.29 is 14.4 Å². The van der Waals surface area contributed by atoms with Gasteiger partial charge in [0.25, 0.3) is 0 Å². The fourth-order valence-corrected chi connectivity index (χ4v) is 2.18. The van der Waals surface area contributed by atoms with Crippen LogP contribution in [0.25, 0.3) is 0 Å². The molecule has 0 aliphatic carbocycles. The molecule has 0 radical (unpaired) electrons. The monoisotopic (exact) mass is 304 g/mol. The molecule has 1 fully saturated rings. The highest BCUT2D eigenvalue weighted by atomic mass is 16.2. The molecule has 1 aromatic rings. The van der Waals surface area contributed by atoms with Crippen LogP contribution < -0.4 is 16.0 Å². The number of carbonyl (C=O) groups excluding carboxylic acids is 3. The van der Waals surface area contributed by atoms with Crippen molar-refractivity contribution in [2.45, 2.75) is 20.3 Å². The Kier molecular flexibility index (Phi) is 4.98. The summed E-state index contributed by atoms with van der Waals surface area (Å²) in [6.45, 7) is 4.56. The van der Waals surface area contributed by atoms with Gasteiger partial charge in [0, 0.05) is 30.9 Å². The number of nitrogens with one attached hydrogen (secondary N) is 3. The van der Waals surface area contributed by atoms with Crippen molar-refractivity contribution in [3.63, 3.8) is 0 Å². The second kappa shape index (κ2) is 6.93. The van der Waals surface area contributed by atoms with E-state index >= 15 is 0 Å². The summed E-state index contributed by atoms with van der Waals surface area (Å²) in [4.78, 5) is 36.1. The summed E-state index contributed by atoms with van der Waals surface area (Å²) in [5, 5.41) is 8.42. The number of amides is 4. The minimum atomic E-state index is -0.354. The smallest absolute Gasteiger partial charge is 0.324 e. The summed E-state index contributed by atoms with van der Waals surface area (Å²) in [6, 6.07) is 5.08. The van der Waals surface area contributed by atoms with E-state index in [0.29, 0.717) is 25.2 Å². The van der Waals surface area contributed by atoms with Gasteiger partial charge in [-0.05, 0) is 24.6 Å². The predicted molar refractivity (Wildman–Crippen MR) is 83.7 cm³/mol. The van der Waals surface area contributed by atoms with Gasteiger partial charge in [-0.3, -0.25) is 14.5 Å². The lowest BCUT2D eigenvalue weighted by atomic mass is 10.1. The fourth-order valence-electron chi connectivity index (χ4n) is 2.18. The summed E-state index contributed by atoms with van der Waals surface area (Å²) in [7, 11) is 0. The van der Waals surface area contributed by atoms with Crippen molar-refractivity contribution in [1.29, 1.82) is 0 Å². The molecular weight excluding hydrogens is 284 g/mol. The Labute approximate surface area is 129 Å². The quantitative estimate of drug-likeness (QED) is 0.765. The Bertz CT molecular complexity index is 600. The number of urea groups is 1. The molecule has 3 N–H and O–H groups in total. The molecule has 7 heteroatoms. The first-order chi connectivity index (χ1) is 10.5. The molecule has 1 aliphatic rings. The van der Waals surface area contributed by atoms with Crippen molar-refractivity contribution in [2.75, 3.05) is 30.3 Å². The molecule has 0 atom stereocenters. The second-order valence-electron chi connectivity index (χ2n) is 5.01. The molecule has 0 saturated carbocycles. The van der Waals surface area contributed by atoms with E-state index in [0.717, 1.165) is 11.3 Å². The summed E-state index contributed by atoms with van der Waals surface area (Å²) >= 11 is 0. The Morgan fingerprint density at radius 3 is 2.68 bits per heavy atom. The van der Waals surface area contributed by atoms with E-state index in [9.17, 15) is 14.4 Å². The van der Waals surface area contributed by atoms with Crippen molar-refractivity contribution >= 4 is 29.2 Å². The third kappa shape index (κ3) is 3.55. The van der Waals surface area contributed by atoms with Crippen molar-refractivity contribution in [2.24, 2.45) is 0 Å². The van der Waals surface area contributed by atoms with E-state index in [4.69, 9.17) is 0 Å². The molecule has 1 saturated heterocycles. The van der Waals surface area contributed by atoms with Crippen molar-refractivity contribution in [3.05, 3.63) is 23.8 Å². The number of carbonyl (C=O) groups is 3. The molecule has 118 valence electrons. The van der Waals surface area contributed by atoms with Crippen LogP contribution >= 0.6 is 0 Å². The lowest BCUT2D eigenvalue weighted by Gasteiger charge is -2.16. The molecule has 2 rings (SSSR count). The molecule has 0 aromatic heterocycles. The minimum Gasteiger partial charge on any atom is -0.376 e. The molecule has 7 nitrogen and oxygen atoms in total. The molecule has 1 aliphatic heterocycles. The Balaban J connectivity index is 2.00. The molecule has 4 amide bonds. The Morgan fingerprint density at radius 1 is 1.32 bits per heavy atom. The van der Waals surface area contributed by atoms with Crippen LogP contribution in [0.1, 0.15) is 18.9 Å². The van der Waals surface area contributed by atoms with Gasteiger partial charge in [0.05, 0.1) is 6.54 Å². The summed E-state index contributed by atoms with van der Waals surface area (Å²) in [5.41, 5.74) is 2.31. The van der Waals surface area contributed by atoms with E-state index in [2.05, 4.69) is 16.0 Å². The SMILES string of the molecule is CCC(=O)Nc1cccc(NCC(=O)N2CCNC2=O)c1C. The second-order valence-corrected chi connectivity index (χ2v) is 5.01. The zero-order valence-corrected chi connectivity index (χ0v) is 12.7. The van der Waals surface area contributed by atoms with Crippen LogP contribution in [0.2, 0.25) is 0 Å². The fraction of sp³-hybridized carbons (Fsp3) is 0.400. The highest BCUT2D eigenvalue weighted by molar-refractivity contribution is 5.98. The predicted octanol–water partition coefficient (Wildman–Crippen LogP) is 1.31. The number of nitrogens with zero attached hydrogens (tertiary/aromatic N) is 1. The van der Waals surface area contributed by atoms with E-state index in [-0.39, 0.29) is 24.4 Å². The summed E-state index contributed by atoms with van der Waals surface area (Å²) in [5.74, 6) is -0.345. The van der Waals surface area contributed by atoms with Crippen LogP contribution in [0.3, 0.4) is 0 Å².